The number of aromatic nitrogens is 8. The Kier molecular flexibility index (Phi) is 4.16. The number of nitrogens with zero attached hydrogens (tertiary/aromatic N) is 7. The quantitative estimate of drug-likeness (QED) is 0.466. The van der Waals surface area contributed by atoms with Gasteiger partial charge in [-0.05, 0) is 24.6 Å². The van der Waals surface area contributed by atoms with Crippen LogP contribution in [0.5, 0.6) is 5.88 Å². The molecule has 5 rings (SSSR count). The number of imidazole rings is 1. The standard InChI is InChI=1S/C20H19N9O/c1-12-14(15-5-7-23-26-15)11-29-17(12)18(24-13-4-6-21-16(10-13)30-3)25-19(27-29)20-22-8-9-28(20)2/h4-11H,1-3H3,(H,23,26)(H,21,24,25,27). The Balaban J connectivity index is 1.72. The van der Waals surface area contributed by atoms with E-state index in [-0.39, 0.29) is 0 Å². The SMILES string of the molecule is COc1cc(Nc2nc(-c3nccn3C)nn3cc(-c4ccn[nH]4)c(C)c23)ccn1. The number of rotatable bonds is 5. The molecule has 0 spiro atoms. The number of aromatic amines is 1. The lowest BCUT2D eigenvalue weighted by Gasteiger charge is -2.11. The first kappa shape index (κ1) is 17.9. The van der Waals surface area contributed by atoms with Crippen LogP contribution < -0.4 is 10.1 Å². The minimum atomic E-state index is 0.504. The molecule has 2 N–H and O–H groups in total. The van der Waals surface area contributed by atoms with E-state index in [0.717, 1.165) is 28.0 Å². The molecule has 0 saturated carbocycles. The van der Waals surface area contributed by atoms with E-state index in [1.807, 2.05) is 53.6 Å². The highest BCUT2D eigenvalue weighted by molar-refractivity contribution is 5.84. The van der Waals surface area contributed by atoms with E-state index < -0.39 is 0 Å². The number of nitrogens with one attached hydrogen (secondary N) is 2. The molecular weight excluding hydrogens is 382 g/mol. The molecule has 10 nitrogen and oxygen atoms in total. The second kappa shape index (κ2) is 6.99. The second-order valence-corrected chi connectivity index (χ2v) is 6.79. The third-order valence-corrected chi connectivity index (χ3v) is 4.90. The normalized spacial score (nSPS) is 11.2. The summed E-state index contributed by atoms with van der Waals surface area (Å²) >= 11 is 0. The number of anilines is 2. The van der Waals surface area contributed by atoms with Gasteiger partial charge in [-0.15, -0.1) is 5.10 Å². The molecule has 0 aromatic carbocycles. The summed E-state index contributed by atoms with van der Waals surface area (Å²) < 4.78 is 8.95. The van der Waals surface area contributed by atoms with Crippen molar-refractivity contribution in [3.8, 4) is 28.8 Å². The highest BCUT2D eigenvalue weighted by atomic mass is 16.5. The van der Waals surface area contributed by atoms with E-state index in [4.69, 9.17) is 14.8 Å². The average molecular weight is 401 g/mol. The van der Waals surface area contributed by atoms with E-state index >= 15 is 0 Å². The summed E-state index contributed by atoms with van der Waals surface area (Å²) in [4.78, 5) is 13.4. The maximum Gasteiger partial charge on any atom is 0.218 e. The second-order valence-electron chi connectivity index (χ2n) is 6.79. The van der Waals surface area contributed by atoms with Gasteiger partial charge in [-0.3, -0.25) is 5.10 Å². The molecule has 0 unspecified atom stereocenters. The summed E-state index contributed by atoms with van der Waals surface area (Å²) in [7, 11) is 3.50. The number of aryl methyl sites for hydroxylation is 2. The van der Waals surface area contributed by atoms with Crippen molar-refractivity contribution in [3.05, 3.63) is 54.7 Å². The van der Waals surface area contributed by atoms with Crippen LogP contribution in [0.2, 0.25) is 0 Å². The van der Waals surface area contributed by atoms with Crippen molar-refractivity contribution >= 4 is 17.0 Å². The largest absolute Gasteiger partial charge is 0.481 e. The van der Waals surface area contributed by atoms with E-state index in [0.29, 0.717) is 23.3 Å². The molecule has 5 aromatic heterocycles. The molecule has 0 bridgehead atoms. The molecule has 30 heavy (non-hydrogen) atoms. The molecule has 0 atom stereocenters. The summed E-state index contributed by atoms with van der Waals surface area (Å²) in [6.45, 7) is 2.04. The van der Waals surface area contributed by atoms with Gasteiger partial charge >= 0.3 is 0 Å². The lowest BCUT2D eigenvalue weighted by atomic mass is 10.1. The first-order chi connectivity index (χ1) is 14.6. The van der Waals surface area contributed by atoms with Gasteiger partial charge in [0.05, 0.1) is 12.8 Å². The zero-order valence-electron chi connectivity index (χ0n) is 16.7. The minimum Gasteiger partial charge on any atom is -0.481 e. The first-order valence-electron chi connectivity index (χ1n) is 9.28. The van der Waals surface area contributed by atoms with Gasteiger partial charge in [0.1, 0.15) is 5.52 Å². The molecule has 0 saturated heterocycles. The van der Waals surface area contributed by atoms with Crippen LogP contribution >= 0.6 is 0 Å². The van der Waals surface area contributed by atoms with Crippen molar-refractivity contribution in [2.45, 2.75) is 6.92 Å². The number of ether oxygens (including phenoxy) is 1. The van der Waals surface area contributed by atoms with Crippen LogP contribution in [0.1, 0.15) is 5.56 Å². The van der Waals surface area contributed by atoms with E-state index in [1.54, 1.807) is 25.7 Å². The molecule has 5 heterocycles. The Hall–Kier alpha value is -4.21. The number of H-pyrrole nitrogens is 1. The molecule has 0 radical (unpaired) electrons. The number of methoxy groups -OCH3 is 1. The minimum absolute atomic E-state index is 0.504. The average Bonchev–Trinajstić information content (AvgIpc) is 3.48. The molecule has 0 aliphatic carbocycles. The van der Waals surface area contributed by atoms with Gasteiger partial charge in [-0.1, -0.05) is 0 Å². The third kappa shape index (κ3) is 2.94. The van der Waals surface area contributed by atoms with Crippen LogP contribution in [0.25, 0.3) is 28.4 Å². The smallest absolute Gasteiger partial charge is 0.218 e. The zero-order chi connectivity index (χ0) is 20.7. The topological polar surface area (TPSA) is 111 Å². The monoisotopic (exact) mass is 401 g/mol. The Morgan fingerprint density at radius 1 is 1.13 bits per heavy atom. The predicted molar refractivity (Wildman–Crippen MR) is 112 cm³/mol. The maximum absolute atomic E-state index is 5.24. The fourth-order valence-corrected chi connectivity index (χ4v) is 3.41. The van der Waals surface area contributed by atoms with Crippen LogP contribution in [-0.4, -0.2) is 46.4 Å². The van der Waals surface area contributed by atoms with Crippen molar-refractivity contribution in [2.24, 2.45) is 7.05 Å². The van der Waals surface area contributed by atoms with Crippen molar-refractivity contribution in [1.29, 1.82) is 0 Å². The Morgan fingerprint density at radius 2 is 2.03 bits per heavy atom. The predicted octanol–water partition coefficient (Wildman–Crippen LogP) is 2.98. The van der Waals surface area contributed by atoms with Crippen LogP contribution in [0.3, 0.4) is 0 Å². The molecule has 0 fully saturated rings. The van der Waals surface area contributed by atoms with Crippen molar-refractivity contribution < 1.29 is 4.74 Å². The Bertz CT molecular complexity index is 1330. The van der Waals surface area contributed by atoms with Crippen LogP contribution in [0, 0.1) is 6.92 Å². The molecule has 10 heteroatoms. The van der Waals surface area contributed by atoms with E-state index in [1.165, 1.54) is 0 Å². The lowest BCUT2D eigenvalue weighted by molar-refractivity contribution is 0.398. The first-order valence-corrected chi connectivity index (χ1v) is 9.28. The summed E-state index contributed by atoms with van der Waals surface area (Å²) in [5.74, 6) is 2.34. The molecule has 0 aliphatic heterocycles. The number of hydrogen-bond donors (Lipinski definition) is 2. The number of hydrogen-bond acceptors (Lipinski definition) is 7. The summed E-state index contributed by atoms with van der Waals surface area (Å²) in [5.41, 5.74) is 4.58. The number of pyridine rings is 1. The lowest BCUT2D eigenvalue weighted by Crippen LogP contribution is -2.06. The van der Waals surface area contributed by atoms with Crippen LogP contribution in [0.4, 0.5) is 11.5 Å². The van der Waals surface area contributed by atoms with Gasteiger partial charge in [-0.2, -0.15) is 5.10 Å². The molecule has 150 valence electrons. The van der Waals surface area contributed by atoms with Crippen molar-refractivity contribution in [1.82, 2.24) is 39.3 Å². The molecular formula is C20H19N9O. The zero-order valence-corrected chi connectivity index (χ0v) is 16.7. The maximum atomic E-state index is 5.24. The summed E-state index contributed by atoms with van der Waals surface area (Å²) in [6.07, 6.45) is 8.96. The fraction of sp³-hybridized carbons (Fsp3) is 0.150. The number of fused-ring (bicyclic) bond motifs is 1. The van der Waals surface area contributed by atoms with Gasteiger partial charge in [-0.25, -0.2) is 19.5 Å². The van der Waals surface area contributed by atoms with Crippen molar-refractivity contribution in [3.63, 3.8) is 0 Å². The van der Waals surface area contributed by atoms with Gasteiger partial charge in [0.15, 0.2) is 11.6 Å². The Labute approximate surface area is 171 Å². The highest BCUT2D eigenvalue weighted by Crippen LogP contribution is 2.32. The van der Waals surface area contributed by atoms with Gasteiger partial charge < -0.3 is 14.6 Å². The molecule has 0 amide bonds. The molecule has 5 aromatic rings. The Morgan fingerprint density at radius 3 is 2.77 bits per heavy atom. The summed E-state index contributed by atoms with van der Waals surface area (Å²) in [5, 5.41) is 15.2. The van der Waals surface area contributed by atoms with Gasteiger partial charge in [0, 0.05) is 55.3 Å². The van der Waals surface area contributed by atoms with Crippen LogP contribution in [-0.2, 0) is 7.05 Å². The van der Waals surface area contributed by atoms with E-state index in [9.17, 15) is 0 Å². The fourth-order valence-electron chi connectivity index (χ4n) is 3.41. The third-order valence-electron chi connectivity index (χ3n) is 4.90. The van der Waals surface area contributed by atoms with Gasteiger partial charge in [0.2, 0.25) is 11.7 Å². The molecule has 0 aliphatic rings. The highest BCUT2D eigenvalue weighted by Gasteiger charge is 2.19. The van der Waals surface area contributed by atoms with Gasteiger partial charge in [0.25, 0.3) is 0 Å². The summed E-state index contributed by atoms with van der Waals surface area (Å²) in [6, 6.07) is 5.60. The van der Waals surface area contributed by atoms with E-state index in [2.05, 4.69) is 25.5 Å². The van der Waals surface area contributed by atoms with Crippen LogP contribution in [0.15, 0.2) is 49.2 Å². The van der Waals surface area contributed by atoms with Crippen molar-refractivity contribution in [2.75, 3.05) is 12.4 Å².